The number of oxime groups is 1. The molecule has 6 heteroatoms. The summed E-state index contributed by atoms with van der Waals surface area (Å²) in [4.78, 5) is 15.5. The Hall–Kier alpha value is -1.58. The Bertz CT molecular complexity index is 536. The van der Waals surface area contributed by atoms with Crippen LogP contribution in [0.5, 0.6) is 0 Å². The van der Waals surface area contributed by atoms with Crippen molar-refractivity contribution in [3.05, 3.63) is 0 Å². The fourth-order valence-corrected chi connectivity index (χ4v) is 3.55. The van der Waals surface area contributed by atoms with E-state index in [0.29, 0.717) is 12.8 Å². The first-order valence-corrected chi connectivity index (χ1v) is 9.30. The van der Waals surface area contributed by atoms with Crippen LogP contribution in [0, 0.1) is 29.6 Å². The maximum Gasteiger partial charge on any atom is 0.306 e. The Kier molecular flexibility index (Phi) is 7.73. The van der Waals surface area contributed by atoms with E-state index in [1.165, 1.54) is 12.8 Å². The molecular weight excluding hydrogens is 322 g/mol. The number of hydrogen-bond acceptors (Lipinski definition) is 5. The molecule has 2 fully saturated rings. The molecule has 0 aromatic rings. The number of carbonyl (C=O) groups is 1. The van der Waals surface area contributed by atoms with Gasteiger partial charge in [0.25, 0.3) is 0 Å². The zero-order valence-corrected chi connectivity index (χ0v) is 14.9. The number of aliphatic carboxylic acids is 1. The van der Waals surface area contributed by atoms with Gasteiger partial charge in [-0.1, -0.05) is 43.2 Å². The second kappa shape index (κ2) is 9.79. The summed E-state index contributed by atoms with van der Waals surface area (Å²) in [5.41, 5.74) is 0.888. The molecule has 0 radical (unpaired) electrons. The van der Waals surface area contributed by atoms with Gasteiger partial charge in [0.05, 0.1) is 18.2 Å². The van der Waals surface area contributed by atoms with Gasteiger partial charge in [-0.05, 0) is 31.6 Å². The third-order valence-corrected chi connectivity index (χ3v) is 5.10. The van der Waals surface area contributed by atoms with Crippen LogP contribution in [-0.2, 0) is 9.63 Å². The van der Waals surface area contributed by atoms with Crippen molar-refractivity contribution >= 4 is 11.7 Å². The van der Waals surface area contributed by atoms with Gasteiger partial charge in [-0.3, -0.25) is 4.79 Å². The summed E-state index contributed by atoms with van der Waals surface area (Å²) in [5, 5.41) is 32.8. The molecule has 2 aliphatic rings. The highest BCUT2D eigenvalue weighted by Gasteiger charge is 2.51. The zero-order chi connectivity index (χ0) is 18.2. The van der Waals surface area contributed by atoms with Crippen LogP contribution < -0.4 is 0 Å². The van der Waals surface area contributed by atoms with Gasteiger partial charge in [-0.2, -0.15) is 0 Å². The van der Waals surface area contributed by atoms with Gasteiger partial charge in [0.1, 0.15) is 12.7 Å². The fourth-order valence-electron chi connectivity index (χ4n) is 3.55. The Morgan fingerprint density at radius 1 is 1.40 bits per heavy atom. The monoisotopic (exact) mass is 351 g/mol. The van der Waals surface area contributed by atoms with Gasteiger partial charge < -0.3 is 20.2 Å². The molecule has 140 valence electrons. The van der Waals surface area contributed by atoms with E-state index < -0.39 is 18.2 Å². The number of carboxylic acid groups (broad SMARTS) is 1. The van der Waals surface area contributed by atoms with Crippen LogP contribution in [-0.4, -0.2) is 45.8 Å². The van der Waals surface area contributed by atoms with Crippen LogP contribution in [0.2, 0.25) is 0 Å². The molecule has 5 atom stereocenters. The topological polar surface area (TPSA) is 99.4 Å². The van der Waals surface area contributed by atoms with E-state index in [1.54, 1.807) is 0 Å². The summed E-state index contributed by atoms with van der Waals surface area (Å²) >= 11 is 0. The summed E-state index contributed by atoms with van der Waals surface area (Å²) in [6.45, 7) is 2.22. The highest BCUT2D eigenvalue weighted by molar-refractivity contribution is 5.93. The predicted octanol–water partition coefficient (Wildman–Crippen LogP) is 2.19. The van der Waals surface area contributed by atoms with Crippen molar-refractivity contribution in [1.29, 1.82) is 0 Å². The molecule has 0 aliphatic heterocycles. The van der Waals surface area contributed by atoms with E-state index in [0.717, 1.165) is 25.0 Å². The van der Waals surface area contributed by atoms with E-state index in [-0.39, 0.29) is 30.8 Å². The lowest BCUT2D eigenvalue weighted by Gasteiger charge is -2.33. The number of rotatable bonds is 9. The summed E-state index contributed by atoms with van der Waals surface area (Å²) in [7, 11) is 0. The smallest absolute Gasteiger partial charge is 0.306 e. The average molecular weight is 351 g/mol. The molecule has 2 aliphatic carbocycles. The van der Waals surface area contributed by atoms with Crippen molar-refractivity contribution in [2.45, 2.75) is 70.5 Å². The van der Waals surface area contributed by atoms with Gasteiger partial charge in [0.15, 0.2) is 0 Å². The maximum absolute atomic E-state index is 10.4. The van der Waals surface area contributed by atoms with Crippen molar-refractivity contribution in [1.82, 2.24) is 0 Å². The second-order valence-corrected chi connectivity index (χ2v) is 7.02. The van der Waals surface area contributed by atoms with Crippen LogP contribution in [0.15, 0.2) is 5.16 Å². The van der Waals surface area contributed by atoms with E-state index >= 15 is 0 Å². The Labute approximate surface area is 149 Å². The van der Waals surface area contributed by atoms with Crippen LogP contribution in [0.4, 0.5) is 0 Å². The zero-order valence-electron chi connectivity index (χ0n) is 14.9. The second-order valence-electron chi connectivity index (χ2n) is 7.02. The molecule has 2 saturated carbocycles. The first-order chi connectivity index (χ1) is 12.0. The van der Waals surface area contributed by atoms with Crippen LogP contribution >= 0.6 is 0 Å². The Balaban J connectivity index is 1.75. The molecule has 2 rings (SSSR count). The minimum absolute atomic E-state index is 0.0617. The molecule has 5 unspecified atom stereocenters. The standard InChI is InChI=1S/C19H29NO5/c1-2-3-4-5-6-14(21)8-7-13-11-15-16(19(13)24)12-17(15)20-25-10-9-18(22)23/h13-16,19,21,24H,2-6,9-12H2,1H3,(H,22,23). The van der Waals surface area contributed by atoms with Gasteiger partial charge in [0, 0.05) is 11.8 Å². The lowest BCUT2D eigenvalue weighted by Crippen LogP contribution is -2.38. The largest absolute Gasteiger partial charge is 0.481 e. The molecule has 0 saturated heterocycles. The third-order valence-electron chi connectivity index (χ3n) is 5.10. The number of hydrogen-bond donors (Lipinski definition) is 3. The number of fused-ring (bicyclic) bond motifs is 1. The van der Waals surface area contributed by atoms with Crippen molar-refractivity contribution in [3.8, 4) is 11.8 Å². The normalized spacial score (nSPS) is 30.1. The van der Waals surface area contributed by atoms with Crippen LogP contribution in [0.25, 0.3) is 0 Å². The number of carboxylic acids is 1. The van der Waals surface area contributed by atoms with Crippen molar-refractivity contribution < 1.29 is 25.0 Å². The fraction of sp³-hybridized carbons (Fsp3) is 0.789. The van der Waals surface area contributed by atoms with E-state index in [2.05, 4.69) is 23.9 Å². The van der Waals surface area contributed by atoms with Crippen molar-refractivity contribution in [2.75, 3.05) is 6.61 Å². The predicted molar refractivity (Wildman–Crippen MR) is 93.9 cm³/mol. The lowest BCUT2D eigenvalue weighted by atomic mass is 9.73. The number of aliphatic hydroxyl groups excluding tert-OH is 2. The van der Waals surface area contributed by atoms with Crippen molar-refractivity contribution in [2.24, 2.45) is 22.9 Å². The quantitative estimate of drug-likeness (QED) is 0.336. The van der Waals surface area contributed by atoms with Gasteiger partial charge >= 0.3 is 5.97 Å². The number of nitrogens with zero attached hydrogens (tertiary/aromatic N) is 1. The molecule has 6 nitrogen and oxygen atoms in total. The molecule has 0 aromatic carbocycles. The highest BCUT2D eigenvalue weighted by atomic mass is 16.6. The molecule has 0 heterocycles. The molecular formula is C19H29NO5. The maximum atomic E-state index is 10.4. The highest BCUT2D eigenvalue weighted by Crippen LogP contribution is 2.47. The summed E-state index contributed by atoms with van der Waals surface area (Å²) in [6.07, 6.45) is 5.37. The molecule has 0 spiro atoms. The summed E-state index contributed by atoms with van der Waals surface area (Å²) in [6, 6.07) is 0. The summed E-state index contributed by atoms with van der Waals surface area (Å²) < 4.78 is 0. The van der Waals surface area contributed by atoms with Gasteiger partial charge in [-0.25, -0.2) is 0 Å². The van der Waals surface area contributed by atoms with E-state index in [4.69, 9.17) is 9.94 Å². The van der Waals surface area contributed by atoms with Gasteiger partial charge in [-0.15, -0.1) is 0 Å². The third kappa shape index (κ3) is 5.72. The first kappa shape index (κ1) is 19.7. The number of aliphatic hydroxyl groups is 2. The molecule has 25 heavy (non-hydrogen) atoms. The minimum Gasteiger partial charge on any atom is -0.481 e. The van der Waals surface area contributed by atoms with Crippen LogP contribution in [0.3, 0.4) is 0 Å². The van der Waals surface area contributed by atoms with E-state index in [1.807, 2.05) is 0 Å². The molecule has 3 N–H and O–H groups in total. The molecule has 0 amide bonds. The van der Waals surface area contributed by atoms with Crippen LogP contribution in [0.1, 0.15) is 58.3 Å². The lowest BCUT2D eigenvalue weighted by molar-refractivity contribution is -0.138. The summed E-state index contributed by atoms with van der Waals surface area (Å²) in [5.74, 6) is 5.22. The Morgan fingerprint density at radius 3 is 2.92 bits per heavy atom. The minimum atomic E-state index is -0.911. The Morgan fingerprint density at radius 2 is 2.20 bits per heavy atom. The van der Waals surface area contributed by atoms with E-state index in [9.17, 15) is 15.0 Å². The van der Waals surface area contributed by atoms with Gasteiger partial charge in [0.2, 0.25) is 0 Å². The molecule has 0 bridgehead atoms. The van der Waals surface area contributed by atoms with Crippen molar-refractivity contribution in [3.63, 3.8) is 0 Å². The first-order valence-electron chi connectivity index (χ1n) is 9.30. The average Bonchev–Trinajstić information content (AvgIpc) is 2.80. The number of unbranched alkanes of at least 4 members (excludes halogenated alkanes) is 3. The SMILES string of the molecule is CCCCCCC(O)C#CC1CC2C(=NOCCC(=O)O)CC2C1O. The molecule has 0 aromatic heterocycles.